The Morgan fingerprint density at radius 3 is 2.15 bits per heavy atom. The Balaban J connectivity index is 4.32. The molecular weight excluding hydrogens is 174 g/mol. The van der Waals surface area contributed by atoms with Gasteiger partial charge in [-0.25, -0.2) is 0 Å². The van der Waals surface area contributed by atoms with Crippen molar-refractivity contribution in [1.29, 1.82) is 0 Å². The van der Waals surface area contributed by atoms with Crippen LogP contribution in [0.3, 0.4) is 0 Å². The molecule has 3 N–H and O–H groups in total. The lowest BCUT2D eigenvalue weighted by Gasteiger charge is -2.21. The third kappa shape index (κ3) is 4.47. The molecule has 0 aliphatic rings. The second-order valence-electron chi connectivity index (χ2n) is 3.66. The van der Waals surface area contributed by atoms with Crippen LogP contribution in [0.1, 0.15) is 20.8 Å². The fourth-order valence-electron chi connectivity index (χ4n) is 0.671. The van der Waals surface area contributed by atoms with E-state index in [-0.39, 0.29) is 6.54 Å². The van der Waals surface area contributed by atoms with Gasteiger partial charge in [0.2, 0.25) is 0 Å². The molecule has 0 bridgehead atoms. The lowest BCUT2D eigenvalue weighted by Crippen LogP contribution is -2.36. The predicted octanol–water partition coefficient (Wildman–Crippen LogP) is -0.0124. The summed E-state index contributed by atoms with van der Waals surface area (Å²) in [7, 11) is 0. The molecule has 76 valence electrons. The van der Waals surface area contributed by atoms with Crippen LogP contribution in [0.5, 0.6) is 0 Å². The lowest BCUT2D eigenvalue weighted by molar-refractivity contribution is -0.166. The Hall–Kier alpha value is -1.10. The highest BCUT2D eigenvalue weighted by atomic mass is 16.6. The number of hydrogen-bond acceptors (Lipinski definition) is 4. The molecule has 0 aromatic rings. The minimum absolute atomic E-state index is 0.246. The monoisotopic (exact) mass is 189 g/mol. The number of ether oxygens (including phenoxy) is 1. The van der Waals surface area contributed by atoms with Gasteiger partial charge in [0, 0.05) is 6.54 Å². The molecule has 0 spiro atoms. The summed E-state index contributed by atoms with van der Waals surface area (Å²) in [4.78, 5) is 21.6. The van der Waals surface area contributed by atoms with E-state index in [9.17, 15) is 9.59 Å². The number of carbonyl (C=O) groups excluding carboxylic acids is 1. The molecule has 0 saturated carbocycles. The fraction of sp³-hybridized carbons (Fsp3) is 0.750. The van der Waals surface area contributed by atoms with Gasteiger partial charge in [0.05, 0.1) is 0 Å². The van der Waals surface area contributed by atoms with E-state index in [4.69, 9.17) is 15.6 Å². The van der Waals surface area contributed by atoms with Crippen LogP contribution in [0.2, 0.25) is 0 Å². The van der Waals surface area contributed by atoms with Gasteiger partial charge in [0.1, 0.15) is 5.60 Å². The molecule has 0 aliphatic carbocycles. The van der Waals surface area contributed by atoms with Crippen molar-refractivity contribution in [2.45, 2.75) is 26.4 Å². The van der Waals surface area contributed by atoms with Gasteiger partial charge >= 0.3 is 11.9 Å². The van der Waals surface area contributed by atoms with E-state index in [1.165, 1.54) is 0 Å². The molecule has 1 unspecified atom stereocenters. The molecule has 0 aliphatic heterocycles. The minimum atomic E-state index is -1.26. The zero-order chi connectivity index (χ0) is 10.6. The molecule has 0 fully saturated rings. The van der Waals surface area contributed by atoms with Crippen molar-refractivity contribution >= 4 is 11.9 Å². The Morgan fingerprint density at radius 1 is 1.46 bits per heavy atom. The number of nitrogens with two attached hydrogens (primary N) is 1. The smallest absolute Gasteiger partial charge is 0.322 e. The number of carboxylic acids is 1. The third-order valence-electron chi connectivity index (χ3n) is 1.23. The van der Waals surface area contributed by atoms with Crippen LogP contribution >= 0.6 is 0 Å². The summed E-state index contributed by atoms with van der Waals surface area (Å²) >= 11 is 0. The van der Waals surface area contributed by atoms with Gasteiger partial charge in [-0.15, -0.1) is 0 Å². The Kier molecular flexibility index (Phi) is 3.87. The van der Waals surface area contributed by atoms with Crippen molar-refractivity contribution in [2.24, 2.45) is 11.7 Å². The van der Waals surface area contributed by atoms with Crippen molar-refractivity contribution in [2.75, 3.05) is 6.54 Å². The summed E-state index contributed by atoms with van der Waals surface area (Å²) in [6.45, 7) is 4.76. The summed E-state index contributed by atoms with van der Waals surface area (Å²) in [6, 6.07) is 0. The average Bonchev–Trinajstić information content (AvgIpc) is 1.82. The molecule has 0 amide bonds. The van der Waals surface area contributed by atoms with E-state index in [1.54, 1.807) is 20.8 Å². The predicted molar refractivity (Wildman–Crippen MR) is 46.0 cm³/mol. The van der Waals surface area contributed by atoms with E-state index in [2.05, 4.69) is 0 Å². The van der Waals surface area contributed by atoms with Gasteiger partial charge in [0.25, 0.3) is 0 Å². The molecule has 0 radical (unpaired) electrons. The van der Waals surface area contributed by atoms with Gasteiger partial charge in [0.15, 0.2) is 5.92 Å². The summed E-state index contributed by atoms with van der Waals surface area (Å²) in [5.74, 6) is -3.31. The van der Waals surface area contributed by atoms with E-state index < -0.39 is 23.5 Å². The first-order valence-corrected chi connectivity index (χ1v) is 3.93. The molecule has 5 nitrogen and oxygen atoms in total. The Morgan fingerprint density at radius 2 is 1.92 bits per heavy atom. The van der Waals surface area contributed by atoms with Crippen molar-refractivity contribution in [3.05, 3.63) is 0 Å². The van der Waals surface area contributed by atoms with E-state index in [0.29, 0.717) is 0 Å². The van der Waals surface area contributed by atoms with Gasteiger partial charge < -0.3 is 15.6 Å². The molecule has 0 rings (SSSR count). The maximum Gasteiger partial charge on any atom is 0.322 e. The zero-order valence-electron chi connectivity index (χ0n) is 8.03. The average molecular weight is 189 g/mol. The molecule has 0 aromatic carbocycles. The summed E-state index contributed by atoms with van der Waals surface area (Å²) < 4.78 is 4.85. The summed E-state index contributed by atoms with van der Waals surface area (Å²) in [6.07, 6.45) is 0. The van der Waals surface area contributed by atoms with Gasteiger partial charge in [-0.2, -0.15) is 0 Å². The fourth-order valence-corrected chi connectivity index (χ4v) is 0.671. The summed E-state index contributed by atoms with van der Waals surface area (Å²) in [5, 5.41) is 8.56. The standard InChI is InChI=1S/C8H15NO4/c1-8(2,3)13-7(12)5(4-9)6(10)11/h5H,4,9H2,1-3H3,(H,10,11). The number of carboxylic acid groups (broad SMARTS) is 1. The van der Waals surface area contributed by atoms with Gasteiger partial charge in [-0.1, -0.05) is 0 Å². The molecule has 5 heteroatoms. The largest absolute Gasteiger partial charge is 0.481 e. The quantitative estimate of drug-likeness (QED) is 0.481. The summed E-state index contributed by atoms with van der Waals surface area (Å²) in [5.41, 5.74) is 4.43. The molecule has 0 heterocycles. The van der Waals surface area contributed by atoms with E-state index in [0.717, 1.165) is 0 Å². The third-order valence-corrected chi connectivity index (χ3v) is 1.23. The van der Waals surface area contributed by atoms with Crippen molar-refractivity contribution in [1.82, 2.24) is 0 Å². The maximum atomic E-state index is 11.1. The van der Waals surface area contributed by atoms with Crippen LogP contribution in [0.15, 0.2) is 0 Å². The minimum Gasteiger partial charge on any atom is -0.481 e. The van der Waals surface area contributed by atoms with E-state index in [1.807, 2.05) is 0 Å². The normalized spacial score (nSPS) is 13.5. The van der Waals surface area contributed by atoms with Crippen LogP contribution in [-0.4, -0.2) is 29.2 Å². The lowest BCUT2D eigenvalue weighted by atomic mass is 10.1. The Labute approximate surface area is 76.9 Å². The maximum absolute atomic E-state index is 11.1. The number of esters is 1. The zero-order valence-corrected chi connectivity index (χ0v) is 8.03. The van der Waals surface area contributed by atoms with E-state index >= 15 is 0 Å². The first kappa shape index (κ1) is 11.9. The van der Waals surface area contributed by atoms with Crippen molar-refractivity contribution in [3.63, 3.8) is 0 Å². The number of hydrogen-bond donors (Lipinski definition) is 2. The number of rotatable bonds is 3. The SMILES string of the molecule is CC(C)(C)OC(=O)C(CN)C(=O)O. The van der Waals surface area contributed by atoms with Gasteiger partial charge in [-0.3, -0.25) is 9.59 Å². The van der Waals surface area contributed by atoms with Gasteiger partial charge in [-0.05, 0) is 20.8 Å². The molecule has 0 saturated heterocycles. The molecule has 1 atom stereocenters. The number of carbonyl (C=O) groups is 2. The van der Waals surface area contributed by atoms with Crippen LogP contribution in [0.4, 0.5) is 0 Å². The van der Waals surface area contributed by atoms with Crippen LogP contribution < -0.4 is 5.73 Å². The topological polar surface area (TPSA) is 89.6 Å². The molecule has 0 aromatic heterocycles. The first-order valence-electron chi connectivity index (χ1n) is 3.93. The van der Waals surface area contributed by atoms with Crippen LogP contribution in [0, 0.1) is 5.92 Å². The van der Waals surface area contributed by atoms with Crippen LogP contribution in [0.25, 0.3) is 0 Å². The second-order valence-corrected chi connectivity index (χ2v) is 3.66. The molecule has 13 heavy (non-hydrogen) atoms. The number of aliphatic carboxylic acids is 1. The first-order chi connectivity index (χ1) is 5.78. The Bertz CT molecular complexity index is 207. The van der Waals surface area contributed by atoms with Crippen molar-refractivity contribution < 1.29 is 19.4 Å². The molecular formula is C8H15NO4. The van der Waals surface area contributed by atoms with Crippen LogP contribution in [-0.2, 0) is 14.3 Å². The second kappa shape index (κ2) is 4.23. The highest BCUT2D eigenvalue weighted by molar-refractivity contribution is 5.94. The van der Waals surface area contributed by atoms with Crippen molar-refractivity contribution in [3.8, 4) is 0 Å². The highest BCUT2D eigenvalue weighted by Gasteiger charge is 2.29. The highest BCUT2D eigenvalue weighted by Crippen LogP contribution is 2.10.